The van der Waals surface area contributed by atoms with Crippen LogP contribution in [0.15, 0.2) is 0 Å². The Balaban J connectivity index is 2.06. The van der Waals surface area contributed by atoms with Crippen molar-refractivity contribution in [1.29, 1.82) is 0 Å². The maximum Gasteiger partial charge on any atom is 0.138 e. The van der Waals surface area contributed by atoms with Crippen LogP contribution in [0.5, 0.6) is 0 Å². The van der Waals surface area contributed by atoms with Crippen molar-refractivity contribution in [2.75, 3.05) is 13.1 Å². The lowest BCUT2D eigenvalue weighted by atomic mass is 9.98. The molecular formula is C13H23NO. The van der Waals surface area contributed by atoms with E-state index in [0.29, 0.717) is 22.7 Å². The summed E-state index contributed by atoms with van der Waals surface area (Å²) in [7, 11) is 0. The van der Waals surface area contributed by atoms with Gasteiger partial charge in [-0.3, -0.25) is 9.69 Å². The molecule has 1 saturated carbocycles. The molecule has 1 heterocycles. The summed E-state index contributed by atoms with van der Waals surface area (Å²) in [5.74, 6) is 0.688. The Morgan fingerprint density at radius 1 is 1.20 bits per heavy atom. The van der Waals surface area contributed by atoms with Crippen molar-refractivity contribution >= 4 is 5.78 Å². The molecule has 0 spiro atoms. The zero-order valence-corrected chi connectivity index (χ0v) is 10.6. The van der Waals surface area contributed by atoms with Crippen molar-refractivity contribution in [3.63, 3.8) is 0 Å². The minimum Gasteiger partial charge on any atom is -0.299 e. The highest BCUT2D eigenvalue weighted by Crippen LogP contribution is 2.65. The molecule has 0 aromatic rings. The first-order valence-electron chi connectivity index (χ1n) is 6.05. The third-order valence-corrected chi connectivity index (χ3v) is 5.01. The summed E-state index contributed by atoms with van der Waals surface area (Å²) >= 11 is 0. The summed E-state index contributed by atoms with van der Waals surface area (Å²) in [6.45, 7) is 13.4. The van der Waals surface area contributed by atoms with Crippen LogP contribution >= 0.6 is 0 Å². The fraction of sp³-hybridized carbons (Fsp3) is 0.923. The average molecular weight is 209 g/mol. The second-order valence-electron chi connectivity index (χ2n) is 6.46. The van der Waals surface area contributed by atoms with Gasteiger partial charge in [0.05, 0.1) is 0 Å². The van der Waals surface area contributed by atoms with E-state index >= 15 is 0 Å². The minimum atomic E-state index is 0.242. The number of rotatable bonds is 1. The van der Waals surface area contributed by atoms with Gasteiger partial charge >= 0.3 is 0 Å². The van der Waals surface area contributed by atoms with Crippen molar-refractivity contribution in [2.45, 2.75) is 47.1 Å². The summed E-state index contributed by atoms with van der Waals surface area (Å²) in [4.78, 5) is 14.0. The number of Topliss-reactive ketones (excluding diaryl/α,β-unsaturated/α-hetero) is 1. The molecule has 0 radical (unpaired) electrons. The molecule has 2 rings (SSSR count). The highest BCUT2D eigenvalue weighted by molar-refractivity contribution is 5.81. The van der Waals surface area contributed by atoms with Gasteiger partial charge in [0.15, 0.2) is 0 Å². The van der Waals surface area contributed by atoms with E-state index in [1.165, 1.54) is 0 Å². The van der Waals surface area contributed by atoms with E-state index < -0.39 is 0 Å². The topological polar surface area (TPSA) is 20.3 Å². The number of nitrogens with zero attached hydrogens (tertiary/aromatic N) is 1. The van der Waals surface area contributed by atoms with Crippen LogP contribution in [0.2, 0.25) is 0 Å². The van der Waals surface area contributed by atoms with Crippen molar-refractivity contribution in [3.05, 3.63) is 0 Å². The van der Waals surface area contributed by atoms with Crippen LogP contribution in [-0.4, -0.2) is 29.8 Å². The van der Waals surface area contributed by atoms with Crippen molar-refractivity contribution in [1.82, 2.24) is 4.90 Å². The lowest BCUT2D eigenvalue weighted by molar-refractivity contribution is -0.125. The average Bonchev–Trinajstić information content (AvgIpc) is 2.50. The number of piperidine rings is 1. The minimum absolute atomic E-state index is 0.242. The fourth-order valence-corrected chi connectivity index (χ4v) is 3.35. The van der Waals surface area contributed by atoms with Gasteiger partial charge in [-0.25, -0.2) is 0 Å². The Labute approximate surface area is 93.0 Å². The molecule has 0 amide bonds. The molecule has 15 heavy (non-hydrogen) atoms. The van der Waals surface area contributed by atoms with E-state index in [0.717, 1.165) is 19.5 Å². The summed E-state index contributed by atoms with van der Waals surface area (Å²) in [6, 6.07) is 0.667. The van der Waals surface area contributed by atoms with Gasteiger partial charge in [-0.1, -0.05) is 34.6 Å². The Morgan fingerprint density at radius 3 is 2.13 bits per heavy atom. The molecule has 1 atom stereocenters. The van der Waals surface area contributed by atoms with Gasteiger partial charge in [0.2, 0.25) is 0 Å². The van der Waals surface area contributed by atoms with Crippen molar-refractivity contribution in [2.24, 2.45) is 16.7 Å². The maximum absolute atomic E-state index is 11.5. The van der Waals surface area contributed by atoms with Crippen LogP contribution in [0.4, 0.5) is 0 Å². The molecule has 0 bridgehead atoms. The van der Waals surface area contributed by atoms with Gasteiger partial charge in [-0.2, -0.15) is 0 Å². The lowest BCUT2D eigenvalue weighted by Crippen LogP contribution is -2.42. The first kappa shape index (κ1) is 11.1. The molecule has 86 valence electrons. The van der Waals surface area contributed by atoms with Crippen LogP contribution in [0.25, 0.3) is 0 Å². The number of carbonyl (C=O) groups excluding carboxylic acids is 1. The zero-order valence-electron chi connectivity index (χ0n) is 10.6. The van der Waals surface area contributed by atoms with Gasteiger partial charge in [0.25, 0.3) is 0 Å². The van der Waals surface area contributed by atoms with Crippen molar-refractivity contribution < 1.29 is 4.79 Å². The van der Waals surface area contributed by atoms with Crippen LogP contribution in [0.3, 0.4) is 0 Å². The molecule has 2 fully saturated rings. The maximum atomic E-state index is 11.5. The van der Waals surface area contributed by atoms with E-state index in [-0.39, 0.29) is 5.92 Å². The Hall–Kier alpha value is -0.370. The van der Waals surface area contributed by atoms with Crippen LogP contribution in [0, 0.1) is 16.7 Å². The SMILES string of the molecule is CC1CN(C2C(C)(C)C2(C)C)CCC1=O. The van der Waals surface area contributed by atoms with Gasteiger partial charge in [0, 0.05) is 31.5 Å². The molecule has 2 nitrogen and oxygen atoms in total. The molecule has 0 aromatic carbocycles. The molecule has 2 heteroatoms. The van der Waals surface area contributed by atoms with Gasteiger partial charge in [0.1, 0.15) is 5.78 Å². The van der Waals surface area contributed by atoms with E-state index in [4.69, 9.17) is 0 Å². The largest absolute Gasteiger partial charge is 0.299 e. The van der Waals surface area contributed by atoms with Crippen molar-refractivity contribution in [3.8, 4) is 0 Å². The first-order chi connectivity index (χ1) is 6.78. The number of likely N-dealkylation sites (tertiary alicyclic amines) is 1. The molecule has 1 saturated heterocycles. The predicted molar refractivity (Wildman–Crippen MR) is 61.7 cm³/mol. The number of carbonyl (C=O) groups is 1. The third kappa shape index (κ3) is 1.45. The Kier molecular flexibility index (Phi) is 2.27. The summed E-state index contributed by atoms with van der Waals surface area (Å²) < 4.78 is 0. The number of hydrogen-bond donors (Lipinski definition) is 0. The molecule has 1 unspecified atom stereocenters. The normalized spacial score (nSPS) is 35.5. The van der Waals surface area contributed by atoms with Gasteiger partial charge in [-0.05, 0) is 10.8 Å². The zero-order chi connectivity index (χ0) is 11.4. The van der Waals surface area contributed by atoms with Crippen LogP contribution in [-0.2, 0) is 4.79 Å². The lowest BCUT2D eigenvalue weighted by Gasteiger charge is -2.31. The molecular weight excluding hydrogens is 186 g/mol. The monoisotopic (exact) mass is 209 g/mol. The summed E-state index contributed by atoms with van der Waals surface area (Å²) in [5.41, 5.74) is 0.820. The number of ketones is 1. The predicted octanol–water partition coefficient (Wildman–Crippen LogP) is 2.33. The van der Waals surface area contributed by atoms with Gasteiger partial charge in [-0.15, -0.1) is 0 Å². The molecule has 2 aliphatic rings. The van der Waals surface area contributed by atoms with E-state index in [2.05, 4.69) is 39.5 Å². The van der Waals surface area contributed by atoms with E-state index in [1.54, 1.807) is 0 Å². The highest BCUT2D eigenvalue weighted by atomic mass is 16.1. The Morgan fingerprint density at radius 2 is 1.73 bits per heavy atom. The van der Waals surface area contributed by atoms with E-state index in [1.807, 2.05) is 0 Å². The van der Waals surface area contributed by atoms with Crippen LogP contribution in [0.1, 0.15) is 41.0 Å². The van der Waals surface area contributed by atoms with E-state index in [9.17, 15) is 4.79 Å². The highest BCUT2D eigenvalue weighted by Gasteiger charge is 2.67. The first-order valence-corrected chi connectivity index (χ1v) is 6.05. The molecule has 0 N–H and O–H groups in total. The molecule has 0 aromatic heterocycles. The molecule has 1 aliphatic heterocycles. The van der Waals surface area contributed by atoms with Gasteiger partial charge < -0.3 is 0 Å². The number of hydrogen-bond acceptors (Lipinski definition) is 2. The standard InChI is InChI=1S/C13H23NO/c1-9-8-14(7-6-10(9)15)11-12(2,3)13(11,4)5/h9,11H,6-8H2,1-5H3. The second kappa shape index (κ2) is 3.07. The fourth-order valence-electron chi connectivity index (χ4n) is 3.35. The quantitative estimate of drug-likeness (QED) is 0.660. The second-order valence-corrected chi connectivity index (χ2v) is 6.46. The van der Waals surface area contributed by atoms with Crippen LogP contribution < -0.4 is 0 Å². The Bertz CT molecular complexity index is 279. The smallest absolute Gasteiger partial charge is 0.138 e. The summed E-state index contributed by atoms with van der Waals surface area (Å²) in [6.07, 6.45) is 0.754. The third-order valence-electron chi connectivity index (χ3n) is 5.01. The summed E-state index contributed by atoms with van der Waals surface area (Å²) in [5, 5.41) is 0. The molecule has 1 aliphatic carbocycles.